The number of aryl methyl sites for hydroxylation is 1. The Labute approximate surface area is 179 Å². The number of nitrogens with one attached hydrogen (secondary N) is 1. The molecule has 5 rings (SSSR count). The maximum Gasteiger partial charge on any atom is 0.281 e. The van der Waals surface area contributed by atoms with Crippen LogP contribution in [0.15, 0.2) is 29.1 Å². The van der Waals surface area contributed by atoms with Crippen molar-refractivity contribution in [2.45, 2.75) is 64.8 Å². The minimum absolute atomic E-state index is 0.118. The van der Waals surface area contributed by atoms with E-state index in [-0.39, 0.29) is 11.4 Å². The molecule has 0 amide bonds. The molecule has 3 aromatic heterocycles. The third-order valence-electron chi connectivity index (χ3n) is 6.58. The Balaban J connectivity index is 1.60. The summed E-state index contributed by atoms with van der Waals surface area (Å²) in [6, 6.07) is 6.31. The lowest BCUT2D eigenvalue weighted by Crippen LogP contribution is -2.22. The van der Waals surface area contributed by atoms with Gasteiger partial charge in [0.05, 0.1) is 0 Å². The lowest BCUT2D eigenvalue weighted by atomic mass is 9.80. The summed E-state index contributed by atoms with van der Waals surface area (Å²) in [6.07, 6.45) is 6.30. The first-order valence-electron chi connectivity index (χ1n) is 11.2. The van der Waals surface area contributed by atoms with E-state index < -0.39 is 0 Å². The molecule has 8 heteroatoms. The standard InChI is InChI=1S/C23H27FN6O/c1-3-14-6-5-7-16(12-14)20-26-19-21(27-20)30-23(29(4-2)22(19)31)25-18(28-30)13-15-8-10-17(24)11-9-15/h8-11,14,16H,3-7,12-13H2,1-2H3,(H,26,27). The number of aromatic amines is 1. The van der Waals surface area contributed by atoms with Gasteiger partial charge in [-0.1, -0.05) is 38.3 Å². The summed E-state index contributed by atoms with van der Waals surface area (Å²) >= 11 is 0. The molecule has 2 unspecified atom stereocenters. The van der Waals surface area contributed by atoms with E-state index in [2.05, 4.69) is 22.0 Å². The Morgan fingerprint density at radius 2 is 1.97 bits per heavy atom. The Morgan fingerprint density at radius 1 is 1.16 bits per heavy atom. The average molecular weight is 423 g/mol. The predicted molar refractivity (Wildman–Crippen MR) is 117 cm³/mol. The third-order valence-corrected chi connectivity index (χ3v) is 6.58. The van der Waals surface area contributed by atoms with Gasteiger partial charge in [0.15, 0.2) is 17.0 Å². The van der Waals surface area contributed by atoms with Gasteiger partial charge in [-0.25, -0.2) is 9.37 Å². The van der Waals surface area contributed by atoms with Crippen LogP contribution in [0.2, 0.25) is 0 Å². The fourth-order valence-corrected chi connectivity index (χ4v) is 4.82. The topological polar surface area (TPSA) is 80.9 Å². The second kappa shape index (κ2) is 7.90. The second-order valence-corrected chi connectivity index (χ2v) is 8.55. The van der Waals surface area contributed by atoms with Crippen LogP contribution in [0.4, 0.5) is 4.39 Å². The van der Waals surface area contributed by atoms with Crippen molar-refractivity contribution in [2.24, 2.45) is 5.92 Å². The predicted octanol–water partition coefficient (Wildman–Crippen LogP) is 4.20. The molecular formula is C23H27FN6O. The van der Waals surface area contributed by atoms with Gasteiger partial charge in [0.2, 0.25) is 5.78 Å². The van der Waals surface area contributed by atoms with Crippen LogP contribution < -0.4 is 5.56 Å². The summed E-state index contributed by atoms with van der Waals surface area (Å²) < 4.78 is 16.5. The minimum Gasteiger partial charge on any atom is -0.336 e. The van der Waals surface area contributed by atoms with Gasteiger partial charge in [0, 0.05) is 18.9 Å². The van der Waals surface area contributed by atoms with Crippen LogP contribution in [0.3, 0.4) is 0 Å². The van der Waals surface area contributed by atoms with Crippen LogP contribution in [0, 0.1) is 11.7 Å². The summed E-state index contributed by atoms with van der Waals surface area (Å²) in [4.78, 5) is 26.0. The molecule has 4 aromatic rings. The van der Waals surface area contributed by atoms with Gasteiger partial charge in [-0.3, -0.25) is 9.36 Å². The van der Waals surface area contributed by atoms with Crippen molar-refractivity contribution in [2.75, 3.05) is 0 Å². The van der Waals surface area contributed by atoms with Crippen molar-refractivity contribution in [3.63, 3.8) is 0 Å². The molecule has 0 radical (unpaired) electrons. The van der Waals surface area contributed by atoms with Crippen molar-refractivity contribution in [1.82, 2.24) is 29.1 Å². The van der Waals surface area contributed by atoms with Crippen molar-refractivity contribution in [1.29, 1.82) is 0 Å². The van der Waals surface area contributed by atoms with E-state index in [4.69, 9.17) is 4.98 Å². The van der Waals surface area contributed by atoms with Gasteiger partial charge < -0.3 is 4.98 Å². The first kappa shape index (κ1) is 19.9. The van der Waals surface area contributed by atoms with Crippen LogP contribution in [-0.4, -0.2) is 29.1 Å². The lowest BCUT2D eigenvalue weighted by molar-refractivity contribution is 0.308. The van der Waals surface area contributed by atoms with E-state index in [1.807, 2.05) is 6.92 Å². The molecule has 0 saturated heterocycles. The maximum atomic E-state index is 13.2. The first-order valence-corrected chi connectivity index (χ1v) is 11.2. The number of H-pyrrole nitrogens is 1. The van der Waals surface area contributed by atoms with Gasteiger partial charge in [-0.15, -0.1) is 5.10 Å². The van der Waals surface area contributed by atoms with E-state index in [1.165, 1.54) is 31.4 Å². The molecule has 1 aliphatic carbocycles. The van der Waals surface area contributed by atoms with Gasteiger partial charge >= 0.3 is 0 Å². The molecule has 2 atom stereocenters. The van der Waals surface area contributed by atoms with Crippen LogP contribution in [0.1, 0.15) is 69.1 Å². The highest BCUT2D eigenvalue weighted by Crippen LogP contribution is 2.36. The molecule has 0 spiro atoms. The van der Waals surface area contributed by atoms with Gasteiger partial charge in [-0.05, 0) is 43.4 Å². The molecule has 1 N–H and O–H groups in total. The molecule has 0 aliphatic heterocycles. The Kier molecular flexibility index (Phi) is 5.08. The summed E-state index contributed by atoms with van der Waals surface area (Å²) in [5.41, 5.74) is 1.82. The highest BCUT2D eigenvalue weighted by Gasteiger charge is 2.26. The third kappa shape index (κ3) is 3.54. The normalized spacial score (nSPS) is 19.5. The smallest absolute Gasteiger partial charge is 0.281 e. The maximum absolute atomic E-state index is 13.2. The number of aromatic nitrogens is 6. The highest BCUT2D eigenvalue weighted by atomic mass is 19.1. The zero-order valence-corrected chi connectivity index (χ0v) is 17.9. The Morgan fingerprint density at radius 3 is 2.71 bits per heavy atom. The molecule has 3 heterocycles. The number of hydrogen-bond donors (Lipinski definition) is 1. The van der Waals surface area contributed by atoms with Gasteiger partial charge in [0.1, 0.15) is 11.6 Å². The van der Waals surface area contributed by atoms with Crippen LogP contribution in [0.25, 0.3) is 16.9 Å². The van der Waals surface area contributed by atoms with Crippen molar-refractivity contribution in [3.8, 4) is 0 Å². The van der Waals surface area contributed by atoms with Gasteiger partial charge in [-0.2, -0.15) is 9.50 Å². The van der Waals surface area contributed by atoms with E-state index in [0.717, 1.165) is 24.2 Å². The van der Waals surface area contributed by atoms with E-state index in [1.54, 1.807) is 21.2 Å². The molecular weight excluding hydrogens is 395 g/mol. The fourth-order valence-electron chi connectivity index (χ4n) is 4.82. The first-order chi connectivity index (χ1) is 15.1. The Bertz CT molecular complexity index is 1290. The van der Waals surface area contributed by atoms with Crippen LogP contribution in [-0.2, 0) is 13.0 Å². The van der Waals surface area contributed by atoms with E-state index >= 15 is 0 Å². The number of hydrogen-bond acceptors (Lipinski definition) is 4. The van der Waals surface area contributed by atoms with Crippen molar-refractivity contribution in [3.05, 3.63) is 57.6 Å². The zero-order valence-electron chi connectivity index (χ0n) is 17.9. The average Bonchev–Trinajstić information content (AvgIpc) is 3.41. The zero-order chi connectivity index (χ0) is 21.5. The van der Waals surface area contributed by atoms with Crippen LogP contribution >= 0.6 is 0 Å². The van der Waals surface area contributed by atoms with E-state index in [0.29, 0.717) is 47.6 Å². The number of halogens is 1. The highest BCUT2D eigenvalue weighted by molar-refractivity contribution is 5.72. The summed E-state index contributed by atoms with van der Waals surface area (Å²) in [7, 11) is 0. The summed E-state index contributed by atoms with van der Waals surface area (Å²) in [5, 5.41) is 4.67. The van der Waals surface area contributed by atoms with Gasteiger partial charge in [0.25, 0.3) is 5.56 Å². The molecule has 1 saturated carbocycles. The summed E-state index contributed by atoms with van der Waals surface area (Å²) in [6.45, 7) is 4.65. The molecule has 1 aliphatic rings. The minimum atomic E-state index is -0.273. The molecule has 31 heavy (non-hydrogen) atoms. The monoisotopic (exact) mass is 422 g/mol. The molecule has 0 bridgehead atoms. The number of imidazole rings is 1. The fraction of sp³-hybridized carbons (Fsp3) is 0.478. The van der Waals surface area contributed by atoms with Crippen LogP contribution in [0.5, 0.6) is 0 Å². The second-order valence-electron chi connectivity index (χ2n) is 8.55. The van der Waals surface area contributed by atoms with Crippen molar-refractivity contribution < 1.29 is 4.39 Å². The molecule has 7 nitrogen and oxygen atoms in total. The SMILES string of the molecule is CCC1CCCC(c2nc3c([nH]2)c(=O)n(CC)c2nc(Cc4ccc(F)cc4)nn32)C1. The molecule has 1 fully saturated rings. The quantitative estimate of drug-likeness (QED) is 0.523. The number of fused-ring (bicyclic) bond motifs is 3. The molecule has 1 aromatic carbocycles. The Hall–Kier alpha value is -3.03. The lowest BCUT2D eigenvalue weighted by Gasteiger charge is -2.26. The van der Waals surface area contributed by atoms with Crippen molar-refractivity contribution >= 4 is 16.9 Å². The number of nitrogens with zero attached hydrogens (tertiary/aromatic N) is 5. The number of rotatable bonds is 5. The largest absolute Gasteiger partial charge is 0.336 e. The molecule has 162 valence electrons. The van der Waals surface area contributed by atoms with E-state index in [9.17, 15) is 9.18 Å². The number of benzene rings is 1. The summed E-state index contributed by atoms with van der Waals surface area (Å²) in [5.74, 6) is 2.74.